The van der Waals surface area contributed by atoms with Crippen LogP contribution in [-0.4, -0.2) is 6.54 Å². The van der Waals surface area contributed by atoms with E-state index >= 15 is 0 Å². The maximum atomic E-state index is 3.56. The second-order valence-corrected chi connectivity index (χ2v) is 5.29. The van der Waals surface area contributed by atoms with Crippen LogP contribution >= 0.6 is 11.3 Å². The summed E-state index contributed by atoms with van der Waals surface area (Å²) < 4.78 is 0. The molecule has 80 valence electrons. The predicted octanol–water partition coefficient (Wildman–Crippen LogP) is 3.75. The maximum absolute atomic E-state index is 3.56. The highest BCUT2D eigenvalue weighted by Crippen LogP contribution is 2.27. The van der Waals surface area contributed by atoms with Gasteiger partial charge in [0, 0.05) is 10.9 Å². The third kappa shape index (κ3) is 3.10. The first-order valence-electron chi connectivity index (χ1n) is 5.42. The van der Waals surface area contributed by atoms with E-state index in [0.717, 1.165) is 12.5 Å². The molecule has 0 saturated carbocycles. The normalized spacial score (nSPS) is 13.5. The monoisotopic (exact) mass is 211 g/mol. The third-order valence-electron chi connectivity index (χ3n) is 2.43. The molecule has 1 N–H and O–H groups in total. The molecule has 0 radical (unpaired) electrons. The second-order valence-electron chi connectivity index (χ2n) is 4.17. The molecule has 1 atom stereocenters. The molecule has 1 aromatic rings. The first kappa shape index (κ1) is 11.7. The van der Waals surface area contributed by atoms with Gasteiger partial charge in [-0.3, -0.25) is 0 Å². The van der Waals surface area contributed by atoms with Crippen LogP contribution in [0.3, 0.4) is 0 Å². The Balaban J connectivity index is 2.72. The average molecular weight is 211 g/mol. The van der Waals surface area contributed by atoms with Crippen molar-refractivity contribution in [2.45, 2.75) is 40.2 Å². The van der Waals surface area contributed by atoms with E-state index in [9.17, 15) is 0 Å². The van der Waals surface area contributed by atoms with Gasteiger partial charge in [0.1, 0.15) is 0 Å². The van der Waals surface area contributed by atoms with Crippen LogP contribution in [0.25, 0.3) is 0 Å². The van der Waals surface area contributed by atoms with Crippen molar-refractivity contribution < 1.29 is 0 Å². The first-order chi connectivity index (χ1) is 6.65. The summed E-state index contributed by atoms with van der Waals surface area (Å²) in [5.74, 6) is 0.748. The molecular formula is C12H21NS. The van der Waals surface area contributed by atoms with E-state index < -0.39 is 0 Å². The van der Waals surface area contributed by atoms with E-state index in [1.165, 1.54) is 16.9 Å². The predicted molar refractivity (Wildman–Crippen MR) is 64.9 cm³/mol. The van der Waals surface area contributed by atoms with Gasteiger partial charge in [-0.2, -0.15) is 0 Å². The van der Waals surface area contributed by atoms with E-state index in [4.69, 9.17) is 0 Å². The summed E-state index contributed by atoms with van der Waals surface area (Å²) >= 11 is 1.85. The summed E-state index contributed by atoms with van der Waals surface area (Å²) in [4.78, 5) is 1.46. The summed E-state index contributed by atoms with van der Waals surface area (Å²) in [5, 5.41) is 5.75. The highest BCUT2D eigenvalue weighted by Gasteiger charge is 2.14. The minimum atomic E-state index is 0.547. The molecule has 14 heavy (non-hydrogen) atoms. The lowest BCUT2D eigenvalue weighted by atomic mass is 9.97. The molecular weight excluding hydrogens is 190 g/mol. The van der Waals surface area contributed by atoms with Crippen molar-refractivity contribution in [1.29, 1.82) is 0 Å². The van der Waals surface area contributed by atoms with Gasteiger partial charge in [-0.25, -0.2) is 0 Å². The van der Waals surface area contributed by atoms with Crippen LogP contribution < -0.4 is 5.32 Å². The van der Waals surface area contributed by atoms with E-state index in [1.54, 1.807) is 0 Å². The lowest BCUT2D eigenvalue weighted by Crippen LogP contribution is -2.22. The van der Waals surface area contributed by atoms with Gasteiger partial charge in [-0.05, 0) is 42.8 Å². The summed E-state index contributed by atoms with van der Waals surface area (Å²) in [6, 6.07) is 2.81. The molecule has 1 rings (SSSR count). The SMILES string of the molecule is CCNC(CC(C)C)c1ccsc1C. The fraction of sp³-hybridized carbons (Fsp3) is 0.667. The molecule has 0 amide bonds. The Bertz CT molecular complexity index is 265. The molecule has 1 nitrogen and oxygen atoms in total. The largest absolute Gasteiger partial charge is 0.310 e. The van der Waals surface area contributed by atoms with E-state index in [1.807, 2.05) is 11.3 Å². The van der Waals surface area contributed by atoms with Crippen molar-refractivity contribution >= 4 is 11.3 Å². The molecule has 0 aromatic carbocycles. The van der Waals surface area contributed by atoms with Crippen molar-refractivity contribution in [3.05, 3.63) is 21.9 Å². The number of hydrogen-bond acceptors (Lipinski definition) is 2. The van der Waals surface area contributed by atoms with Crippen molar-refractivity contribution in [2.24, 2.45) is 5.92 Å². The fourth-order valence-corrected chi connectivity index (χ4v) is 2.56. The van der Waals surface area contributed by atoms with Gasteiger partial charge in [0.05, 0.1) is 0 Å². The Morgan fingerprint density at radius 1 is 1.43 bits per heavy atom. The summed E-state index contributed by atoms with van der Waals surface area (Å²) in [5.41, 5.74) is 1.49. The lowest BCUT2D eigenvalue weighted by Gasteiger charge is -2.20. The minimum absolute atomic E-state index is 0.547. The van der Waals surface area contributed by atoms with Gasteiger partial charge >= 0.3 is 0 Å². The molecule has 0 aliphatic carbocycles. The maximum Gasteiger partial charge on any atom is 0.0333 e. The van der Waals surface area contributed by atoms with Crippen LogP contribution in [0.2, 0.25) is 0 Å². The topological polar surface area (TPSA) is 12.0 Å². The second kappa shape index (κ2) is 5.52. The fourth-order valence-electron chi connectivity index (χ4n) is 1.79. The Kier molecular flexibility index (Phi) is 4.63. The lowest BCUT2D eigenvalue weighted by molar-refractivity contribution is 0.438. The van der Waals surface area contributed by atoms with Crippen LogP contribution in [0.5, 0.6) is 0 Å². The Labute approximate surface area is 91.5 Å². The number of hydrogen-bond donors (Lipinski definition) is 1. The Morgan fingerprint density at radius 2 is 2.14 bits per heavy atom. The minimum Gasteiger partial charge on any atom is -0.310 e. The van der Waals surface area contributed by atoms with E-state index in [2.05, 4.69) is 44.5 Å². The molecule has 2 heteroatoms. The van der Waals surface area contributed by atoms with Gasteiger partial charge in [0.2, 0.25) is 0 Å². The molecule has 0 aliphatic rings. The molecule has 1 aromatic heterocycles. The number of thiophene rings is 1. The van der Waals surface area contributed by atoms with Crippen LogP contribution in [0, 0.1) is 12.8 Å². The number of nitrogens with one attached hydrogen (secondary N) is 1. The highest BCUT2D eigenvalue weighted by atomic mass is 32.1. The third-order valence-corrected chi connectivity index (χ3v) is 3.29. The molecule has 0 aliphatic heterocycles. The molecule has 0 spiro atoms. The van der Waals surface area contributed by atoms with Gasteiger partial charge in [-0.1, -0.05) is 20.8 Å². The quantitative estimate of drug-likeness (QED) is 0.782. The van der Waals surface area contributed by atoms with Crippen LogP contribution in [0.4, 0.5) is 0 Å². The van der Waals surface area contributed by atoms with Gasteiger partial charge in [0.25, 0.3) is 0 Å². The van der Waals surface area contributed by atoms with E-state index in [-0.39, 0.29) is 0 Å². The zero-order chi connectivity index (χ0) is 10.6. The van der Waals surface area contributed by atoms with Crippen LogP contribution in [0.15, 0.2) is 11.4 Å². The van der Waals surface area contributed by atoms with Crippen molar-refractivity contribution in [3.63, 3.8) is 0 Å². The van der Waals surface area contributed by atoms with Gasteiger partial charge < -0.3 is 5.32 Å². The molecule has 1 unspecified atom stereocenters. The molecule has 0 saturated heterocycles. The smallest absolute Gasteiger partial charge is 0.0333 e. The number of rotatable bonds is 5. The van der Waals surface area contributed by atoms with Crippen molar-refractivity contribution in [3.8, 4) is 0 Å². The first-order valence-corrected chi connectivity index (χ1v) is 6.30. The van der Waals surface area contributed by atoms with Crippen molar-refractivity contribution in [2.75, 3.05) is 6.54 Å². The number of aryl methyl sites for hydroxylation is 1. The standard InChI is InChI=1S/C12H21NS/c1-5-13-12(8-9(2)3)11-6-7-14-10(11)4/h6-7,9,12-13H,5,8H2,1-4H3. The van der Waals surface area contributed by atoms with Crippen molar-refractivity contribution in [1.82, 2.24) is 5.32 Å². The summed E-state index contributed by atoms with van der Waals surface area (Å²) in [7, 11) is 0. The highest BCUT2D eigenvalue weighted by molar-refractivity contribution is 7.10. The van der Waals surface area contributed by atoms with Crippen LogP contribution in [-0.2, 0) is 0 Å². The molecule has 1 heterocycles. The molecule has 0 fully saturated rings. The van der Waals surface area contributed by atoms with Gasteiger partial charge in [0.15, 0.2) is 0 Å². The zero-order valence-corrected chi connectivity index (χ0v) is 10.4. The Hall–Kier alpha value is -0.340. The summed E-state index contributed by atoms with van der Waals surface area (Å²) in [6.45, 7) is 10.0. The summed E-state index contributed by atoms with van der Waals surface area (Å²) in [6.07, 6.45) is 1.23. The Morgan fingerprint density at radius 3 is 2.57 bits per heavy atom. The average Bonchev–Trinajstić information content (AvgIpc) is 2.50. The van der Waals surface area contributed by atoms with Crippen LogP contribution in [0.1, 0.15) is 43.7 Å². The molecule has 0 bridgehead atoms. The van der Waals surface area contributed by atoms with Gasteiger partial charge in [-0.15, -0.1) is 11.3 Å². The van der Waals surface area contributed by atoms with E-state index in [0.29, 0.717) is 6.04 Å². The zero-order valence-electron chi connectivity index (χ0n) is 9.63.